The van der Waals surface area contributed by atoms with E-state index in [9.17, 15) is 9.36 Å². The average Bonchev–Trinajstić information content (AvgIpc) is 1.89. The summed E-state index contributed by atoms with van der Waals surface area (Å²) in [6.07, 6.45) is 0. The van der Waals surface area contributed by atoms with Crippen molar-refractivity contribution in [2.75, 3.05) is 13.2 Å². The van der Waals surface area contributed by atoms with Crippen LogP contribution in [0.1, 0.15) is 13.8 Å². The quantitative estimate of drug-likeness (QED) is 0.493. The monoisotopic (exact) mass is 164 g/mol. The van der Waals surface area contributed by atoms with E-state index in [4.69, 9.17) is 5.73 Å². The summed E-state index contributed by atoms with van der Waals surface area (Å²) >= 11 is 0. The second kappa shape index (κ2) is 8.73. The van der Waals surface area contributed by atoms with Gasteiger partial charge >= 0.3 is 0 Å². The van der Waals surface area contributed by atoms with Crippen LogP contribution < -0.4 is 5.73 Å². The normalized spacial score (nSPS) is 9.90. The molecule has 0 heterocycles. The van der Waals surface area contributed by atoms with Gasteiger partial charge in [-0.15, -0.1) is 0 Å². The van der Waals surface area contributed by atoms with Gasteiger partial charge in [0.1, 0.15) is 7.80 Å². The largest absolute Gasteiger partial charge is 0.330 e. The Kier molecular flexibility index (Phi) is 10.8. The van der Waals surface area contributed by atoms with E-state index in [1.807, 2.05) is 0 Å². The molecule has 0 spiro atoms. The van der Waals surface area contributed by atoms with Crippen molar-refractivity contribution in [1.29, 1.82) is 0 Å². The van der Waals surface area contributed by atoms with Crippen LogP contribution >= 0.6 is 7.80 Å². The third-order valence-electron chi connectivity index (χ3n) is 0.620. The summed E-state index contributed by atoms with van der Waals surface area (Å²) in [5, 5.41) is 0. The molecule has 0 aromatic rings. The minimum absolute atomic E-state index is 0.426. The first-order valence-electron chi connectivity index (χ1n) is 3.09. The second-order valence-electron chi connectivity index (χ2n) is 2.28. The van der Waals surface area contributed by atoms with Gasteiger partial charge in [-0.3, -0.25) is 9.36 Å². The van der Waals surface area contributed by atoms with E-state index in [2.05, 4.69) is 13.8 Å². The van der Waals surface area contributed by atoms with Crippen molar-refractivity contribution in [3.8, 4) is 0 Å². The molecule has 10 heavy (non-hydrogen) atoms. The highest BCUT2D eigenvalue weighted by Crippen LogP contribution is 2.03. The zero-order valence-electron chi connectivity index (χ0n) is 6.70. The second-order valence-corrected chi connectivity index (χ2v) is 3.58. The number of hydrogen-bond donors (Lipinski definition) is 1. The first-order valence-corrected chi connectivity index (χ1v) is 4.87. The Bertz CT molecular complexity index is 104. The van der Waals surface area contributed by atoms with Crippen molar-refractivity contribution in [3.05, 3.63) is 0 Å². The summed E-state index contributed by atoms with van der Waals surface area (Å²) in [6, 6.07) is 0.426. The molecule has 0 saturated carbocycles. The molecule has 3 nitrogen and oxygen atoms in total. The summed E-state index contributed by atoms with van der Waals surface area (Å²) in [6.45, 7) is 6.36. The van der Waals surface area contributed by atoms with Crippen molar-refractivity contribution in [2.45, 2.75) is 13.8 Å². The molecule has 1 atom stereocenters. The fourth-order valence-corrected chi connectivity index (χ4v) is 0. The average molecular weight is 164 g/mol. The molecule has 0 aliphatic rings. The van der Waals surface area contributed by atoms with E-state index in [-0.39, 0.29) is 0 Å². The number of rotatable bonds is 2. The van der Waals surface area contributed by atoms with Gasteiger partial charge in [0.15, 0.2) is 6.03 Å². The summed E-state index contributed by atoms with van der Waals surface area (Å²) < 4.78 is 9.59. The van der Waals surface area contributed by atoms with Gasteiger partial charge in [0.2, 0.25) is 0 Å². The molecule has 0 aliphatic carbocycles. The first kappa shape index (κ1) is 12.4. The van der Waals surface area contributed by atoms with Crippen LogP contribution in [0.5, 0.6) is 0 Å². The van der Waals surface area contributed by atoms with E-state index in [0.29, 0.717) is 11.9 Å². The smallest absolute Gasteiger partial charge is 0.199 e. The molecule has 0 bridgehead atoms. The first-order chi connectivity index (χ1) is 4.54. The number of carbonyl (C=O) groups is 1. The van der Waals surface area contributed by atoms with Crippen LogP contribution in [0.25, 0.3) is 0 Å². The van der Waals surface area contributed by atoms with Gasteiger partial charge in [-0.05, 0) is 12.5 Å². The Balaban J connectivity index is 0. The van der Waals surface area contributed by atoms with Crippen LogP contribution in [0.2, 0.25) is 0 Å². The van der Waals surface area contributed by atoms with Crippen molar-refractivity contribution in [2.24, 2.45) is 11.7 Å². The summed E-state index contributed by atoms with van der Waals surface area (Å²) in [5.41, 5.74) is 5.17. The number of carbonyl (C=O) groups excluding carboxylic acids is 1. The van der Waals surface area contributed by atoms with Gasteiger partial charge in [0.25, 0.3) is 0 Å². The predicted molar refractivity (Wildman–Crippen MR) is 44.2 cm³/mol. The van der Waals surface area contributed by atoms with E-state index >= 15 is 0 Å². The third kappa shape index (κ3) is 25.2. The van der Waals surface area contributed by atoms with Crippen LogP contribution in [-0.4, -0.2) is 19.2 Å². The molecule has 1 unspecified atom stereocenters. The van der Waals surface area contributed by atoms with Gasteiger partial charge in [-0.1, -0.05) is 13.8 Å². The lowest BCUT2D eigenvalue weighted by Gasteiger charge is -1.91. The molecule has 0 rings (SSSR count). The van der Waals surface area contributed by atoms with Gasteiger partial charge in [0.05, 0.1) is 0 Å². The van der Waals surface area contributed by atoms with Crippen molar-refractivity contribution in [1.82, 2.24) is 0 Å². The van der Waals surface area contributed by atoms with Crippen molar-refractivity contribution in [3.63, 3.8) is 0 Å². The Labute approximate surface area is 62.8 Å². The molecular formula is C6H15NO2P. The van der Waals surface area contributed by atoms with E-state index < -0.39 is 7.80 Å². The lowest BCUT2D eigenvalue weighted by Crippen LogP contribution is -2.05. The minimum atomic E-state index is -1.53. The molecule has 1 radical (unpaired) electrons. The van der Waals surface area contributed by atoms with Crippen LogP contribution in [0.4, 0.5) is 0 Å². The molecule has 2 N–H and O–H groups in total. The maximum atomic E-state index is 9.59. The van der Waals surface area contributed by atoms with Gasteiger partial charge in [0, 0.05) is 6.66 Å². The summed E-state index contributed by atoms with van der Waals surface area (Å²) in [5.74, 6) is 0.662. The van der Waals surface area contributed by atoms with E-state index in [1.54, 1.807) is 0 Å². The Morgan fingerprint density at radius 1 is 1.60 bits per heavy atom. The van der Waals surface area contributed by atoms with Crippen molar-refractivity contribution < 1.29 is 9.36 Å². The number of nitrogens with two attached hydrogens (primary N) is 1. The molecule has 0 aromatic carbocycles. The molecule has 61 valence electrons. The van der Waals surface area contributed by atoms with Gasteiger partial charge in [-0.2, -0.15) is 0 Å². The Morgan fingerprint density at radius 3 is 1.80 bits per heavy atom. The van der Waals surface area contributed by atoms with Crippen LogP contribution in [0.3, 0.4) is 0 Å². The molecule has 0 saturated heterocycles. The van der Waals surface area contributed by atoms with Crippen molar-refractivity contribution >= 4 is 13.8 Å². The van der Waals surface area contributed by atoms with Crippen LogP contribution in [-0.2, 0) is 9.36 Å². The standard InChI is InChI=1S/C4H11N.C2H4O2P/c1-4(2)3-5;1-5(4)2-3/h4H,3,5H2,1-2H3;2H,1H3. The highest BCUT2D eigenvalue weighted by atomic mass is 31.1. The Morgan fingerprint density at radius 2 is 1.80 bits per heavy atom. The van der Waals surface area contributed by atoms with Gasteiger partial charge in [-0.25, -0.2) is 0 Å². The number of hydrogen-bond acceptors (Lipinski definition) is 3. The third-order valence-corrected chi connectivity index (χ3v) is 0.917. The molecular weight excluding hydrogens is 149 g/mol. The summed E-state index contributed by atoms with van der Waals surface area (Å²) in [4.78, 5) is 9.22. The zero-order valence-corrected chi connectivity index (χ0v) is 7.60. The maximum absolute atomic E-state index is 9.59. The maximum Gasteiger partial charge on any atom is 0.199 e. The summed E-state index contributed by atoms with van der Waals surface area (Å²) in [7, 11) is -1.53. The lowest BCUT2D eigenvalue weighted by atomic mass is 10.2. The molecule has 4 heteroatoms. The highest BCUT2D eigenvalue weighted by molar-refractivity contribution is 7.60. The highest BCUT2D eigenvalue weighted by Gasteiger charge is 1.80. The van der Waals surface area contributed by atoms with Gasteiger partial charge < -0.3 is 5.73 Å². The fraction of sp³-hybridized carbons (Fsp3) is 0.833. The SMILES string of the molecule is CC(C)CN.C[P](=O)C=O. The molecule has 0 fully saturated rings. The predicted octanol–water partition coefficient (Wildman–Crippen LogP) is 1.23. The minimum Gasteiger partial charge on any atom is -0.330 e. The molecule has 0 aliphatic heterocycles. The van der Waals surface area contributed by atoms with E-state index in [1.165, 1.54) is 6.66 Å². The van der Waals surface area contributed by atoms with Crippen LogP contribution in [0.15, 0.2) is 0 Å². The lowest BCUT2D eigenvalue weighted by molar-refractivity contribution is 0.559. The van der Waals surface area contributed by atoms with E-state index in [0.717, 1.165) is 6.54 Å². The fourth-order valence-electron chi connectivity index (χ4n) is 0. The zero-order chi connectivity index (χ0) is 8.57. The topological polar surface area (TPSA) is 60.2 Å². The molecule has 0 aromatic heterocycles. The Hall–Kier alpha value is -0.270. The molecule has 0 amide bonds. The van der Waals surface area contributed by atoms with Crippen LogP contribution in [0, 0.1) is 5.92 Å².